The van der Waals surface area contributed by atoms with E-state index in [1.807, 2.05) is 5.92 Å². The Balaban J connectivity index is 1.57. The van der Waals surface area contributed by atoms with E-state index in [0.717, 1.165) is 5.92 Å². The van der Waals surface area contributed by atoms with Crippen LogP contribution in [-0.2, 0) is 4.74 Å². The zero-order chi connectivity index (χ0) is 8.67. The van der Waals surface area contributed by atoms with E-state index >= 15 is 0 Å². The first-order valence-electron chi connectivity index (χ1n) is 5.93. The van der Waals surface area contributed by atoms with E-state index in [2.05, 4.69) is 0 Å². The smallest absolute Gasteiger partial charge is 0.0847 e. The van der Waals surface area contributed by atoms with Crippen molar-refractivity contribution in [3.63, 3.8) is 0 Å². The van der Waals surface area contributed by atoms with Crippen LogP contribution in [0.4, 0.5) is 0 Å². The Morgan fingerprint density at radius 3 is 2.54 bits per heavy atom. The van der Waals surface area contributed by atoms with Gasteiger partial charge in [0.1, 0.15) is 0 Å². The minimum Gasteiger partial charge on any atom is -0.370 e. The van der Waals surface area contributed by atoms with Crippen LogP contribution in [0.15, 0.2) is 0 Å². The average Bonchev–Trinajstić information content (AvgIpc) is 2.96. The highest BCUT2D eigenvalue weighted by Gasteiger charge is 2.45. The molecule has 1 aliphatic heterocycles. The second-order valence-corrected chi connectivity index (χ2v) is 4.95. The summed E-state index contributed by atoms with van der Waals surface area (Å²) < 4.78 is 5.58. The second kappa shape index (κ2) is 3.27. The molecule has 0 aromatic carbocycles. The third-order valence-electron chi connectivity index (χ3n) is 4.08. The normalized spacial score (nSPS) is 41.5. The molecule has 2 atom stereocenters. The van der Waals surface area contributed by atoms with Crippen LogP contribution in [0.5, 0.6) is 0 Å². The van der Waals surface area contributed by atoms with Gasteiger partial charge in [0, 0.05) is 0 Å². The molecule has 1 radical (unpaired) electrons. The molecular weight excluding hydrogens is 160 g/mol. The minimum absolute atomic E-state index is 0.658. The van der Waals surface area contributed by atoms with Gasteiger partial charge in [-0.15, -0.1) is 0 Å². The Labute approximate surface area is 80.8 Å². The van der Waals surface area contributed by atoms with Gasteiger partial charge in [-0.25, -0.2) is 0 Å². The van der Waals surface area contributed by atoms with Gasteiger partial charge in [-0.05, 0) is 43.9 Å². The summed E-state index contributed by atoms with van der Waals surface area (Å²) in [5.41, 5.74) is 0. The predicted molar refractivity (Wildman–Crippen MR) is 52.3 cm³/mol. The minimum atomic E-state index is 0.658. The fourth-order valence-corrected chi connectivity index (χ4v) is 3.18. The summed E-state index contributed by atoms with van der Waals surface area (Å²) in [6, 6.07) is 0. The lowest BCUT2D eigenvalue weighted by Gasteiger charge is -2.31. The maximum atomic E-state index is 5.58. The van der Waals surface area contributed by atoms with Gasteiger partial charge >= 0.3 is 0 Å². The Bertz CT molecular complexity index is 184. The third-order valence-corrected chi connectivity index (χ3v) is 4.08. The molecule has 0 aromatic heterocycles. The van der Waals surface area contributed by atoms with Gasteiger partial charge in [0.15, 0.2) is 0 Å². The van der Waals surface area contributed by atoms with E-state index in [1.54, 1.807) is 0 Å². The Kier molecular flexibility index (Phi) is 2.08. The summed E-state index contributed by atoms with van der Waals surface area (Å²) in [7, 11) is 0. The van der Waals surface area contributed by atoms with E-state index in [4.69, 9.17) is 4.74 Å². The van der Waals surface area contributed by atoms with Crippen LogP contribution >= 0.6 is 0 Å². The fraction of sp³-hybridized carbons (Fsp3) is 0.917. The van der Waals surface area contributed by atoms with Gasteiger partial charge in [-0.1, -0.05) is 19.3 Å². The zero-order valence-corrected chi connectivity index (χ0v) is 8.30. The molecular formula is C12H19O. The van der Waals surface area contributed by atoms with E-state index in [-0.39, 0.29) is 0 Å². The summed E-state index contributed by atoms with van der Waals surface area (Å²) in [5, 5.41) is 0. The first-order valence-corrected chi connectivity index (χ1v) is 5.93. The first-order chi connectivity index (χ1) is 6.43. The molecule has 1 heterocycles. The first kappa shape index (κ1) is 8.28. The van der Waals surface area contributed by atoms with Crippen molar-refractivity contribution in [1.29, 1.82) is 0 Å². The maximum absolute atomic E-state index is 5.58. The molecule has 1 nitrogen and oxygen atoms in total. The lowest BCUT2D eigenvalue weighted by molar-refractivity contribution is 0.329. The van der Waals surface area contributed by atoms with Crippen molar-refractivity contribution in [3.05, 3.63) is 5.92 Å². The van der Waals surface area contributed by atoms with Crippen LogP contribution in [0.3, 0.4) is 0 Å². The molecule has 73 valence electrons. The number of hydrogen-bond donors (Lipinski definition) is 0. The highest BCUT2D eigenvalue weighted by atomic mass is 16.6. The molecule has 1 saturated heterocycles. The summed E-state index contributed by atoms with van der Waals surface area (Å²) in [6.45, 7) is 0. The van der Waals surface area contributed by atoms with Crippen LogP contribution < -0.4 is 0 Å². The standard InChI is InChI=1S/C12H19O/c1-2-4-9(5-3-1)10-6-7-11-12(8-10)13-11/h9,11-12H,1-8H2. The monoisotopic (exact) mass is 179 g/mol. The Hall–Kier alpha value is -0.0400. The number of epoxide rings is 1. The molecule has 3 fully saturated rings. The molecule has 0 aromatic rings. The summed E-state index contributed by atoms with van der Waals surface area (Å²) in [5.74, 6) is 2.84. The Morgan fingerprint density at radius 2 is 1.77 bits per heavy atom. The van der Waals surface area contributed by atoms with E-state index in [0.29, 0.717) is 12.2 Å². The van der Waals surface area contributed by atoms with Crippen molar-refractivity contribution in [2.75, 3.05) is 0 Å². The van der Waals surface area contributed by atoms with Crippen LogP contribution in [0.1, 0.15) is 51.4 Å². The average molecular weight is 179 g/mol. The summed E-state index contributed by atoms with van der Waals surface area (Å²) in [6.07, 6.45) is 12.7. The van der Waals surface area contributed by atoms with Crippen molar-refractivity contribution in [1.82, 2.24) is 0 Å². The molecule has 2 saturated carbocycles. The SMILES string of the molecule is C1CCC([C]2CCC3OC3C2)CC1. The quantitative estimate of drug-likeness (QED) is 0.563. The molecule has 0 N–H and O–H groups in total. The maximum Gasteiger partial charge on any atom is 0.0847 e. The van der Waals surface area contributed by atoms with Crippen molar-refractivity contribution in [2.24, 2.45) is 5.92 Å². The van der Waals surface area contributed by atoms with Gasteiger partial charge in [-0.3, -0.25) is 0 Å². The molecule has 0 spiro atoms. The van der Waals surface area contributed by atoms with Crippen LogP contribution in [0.25, 0.3) is 0 Å². The van der Waals surface area contributed by atoms with E-state index < -0.39 is 0 Å². The van der Waals surface area contributed by atoms with Crippen LogP contribution in [0, 0.1) is 11.8 Å². The molecule has 2 aliphatic carbocycles. The number of rotatable bonds is 1. The molecule has 0 amide bonds. The highest BCUT2D eigenvalue weighted by Crippen LogP contribution is 2.46. The topological polar surface area (TPSA) is 12.5 Å². The number of hydrogen-bond acceptors (Lipinski definition) is 1. The van der Waals surface area contributed by atoms with Gasteiger partial charge in [0.25, 0.3) is 0 Å². The van der Waals surface area contributed by atoms with Gasteiger partial charge in [0.05, 0.1) is 12.2 Å². The van der Waals surface area contributed by atoms with Crippen LogP contribution in [0.2, 0.25) is 0 Å². The predicted octanol–water partition coefficient (Wildman–Crippen LogP) is 3.09. The van der Waals surface area contributed by atoms with Crippen LogP contribution in [-0.4, -0.2) is 12.2 Å². The molecule has 2 unspecified atom stereocenters. The summed E-state index contributed by atoms with van der Waals surface area (Å²) >= 11 is 0. The van der Waals surface area contributed by atoms with Crippen molar-refractivity contribution >= 4 is 0 Å². The van der Waals surface area contributed by atoms with Crippen molar-refractivity contribution in [2.45, 2.75) is 63.6 Å². The van der Waals surface area contributed by atoms with Gasteiger partial charge in [-0.2, -0.15) is 0 Å². The lowest BCUT2D eigenvalue weighted by atomic mass is 9.73. The second-order valence-electron chi connectivity index (χ2n) is 4.95. The zero-order valence-electron chi connectivity index (χ0n) is 8.30. The van der Waals surface area contributed by atoms with Crippen molar-refractivity contribution in [3.8, 4) is 0 Å². The largest absolute Gasteiger partial charge is 0.370 e. The number of ether oxygens (including phenoxy) is 1. The molecule has 3 rings (SSSR count). The van der Waals surface area contributed by atoms with E-state index in [1.165, 1.54) is 51.4 Å². The lowest BCUT2D eigenvalue weighted by Crippen LogP contribution is -2.21. The van der Waals surface area contributed by atoms with Gasteiger partial charge < -0.3 is 4.74 Å². The molecule has 1 heteroatoms. The number of fused-ring (bicyclic) bond motifs is 1. The summed E-state index contributed by atoms with van der Waals surface area (Å²) in [4.78, 5) is 0. The fourth-order valence-electron chi connectivity index (χ4n) is 3.18. The highest BCUT2D eigenvalue weighted by molar-refractivity contribution is 5.08. The molecule has 13 heavy (non-hydrogen) atoms. The Morgan fingerprint density at radius 1 is 0.923 bits per heavy atom. The van der Waals surface area contributed by atoms with Crippen molar-refractivity contribution < 1.29 is 4.74 Å². The molecule has 0 bridgehead atoms. The molecule has 3 aliphatic rings. The van der Waals surface area contributed by atoms with Gasteiger partial charge in [0.2, 0.25) is 0 Å². The van der Waals surface area contributed by atoms with E-state index in [9.17, 15) is 0 Å². The third kappa shape index (κ3) is 1.63.